The van der Waals surface area contributed by atoms with Crippen molar-refractivity contribution in [2.45, 2.75) is 20.4 Å². The second kappa shape index (κ2) is 5.07. The Bertz CT molecular complexity index is 509. The van der Waals surface area contributed by atoms with Crippen molar-refractivity contribution in [3.05, 3.63) is 28.0 Å². The molecule has 0 aliphatic rings. The van der Waals surface area contributed by atoms with Gasteiger partial charge in [0.1, 0.15) is 17.5 Å². The van der Waals surface area contributed by atoms with Gasteiger partial charge < -0.3 is 10.7 Å². The lowest BCUT2D eigenvalue weighted by atomic mass is 10.4. The van der Waals surface area contributed by atoms with Crippen LogP contribution >= 0.6 is 11.3 Å². The monoisotopic (exact) mass is 250 g/mol. The van der Waals surface area contributed by atoms with Crippen molar-refractivity contribution >= 4 is 23.0 Å². The molecule has 17 heavy (non-hydrogen) atoms. The van der Waals surface area contributed by atoms with Gasteiger partial charge in [0, 0.05) is 17.1 Å². The molecule has 6 nitrogen and oxygen atoms in total. The summed E-state index contributed by atoms with van der Waals surface area (Å²) in [5, 5.41) is 4.27. The molecule has 4 N–H and O–H groups in total. The molecule has 2 rings (SSSR count). The smallest absolute Gasteiger partial charge is 0.145 e. The van der Waals surface area contributed by atoms with Gasteiger partial charge >= 0.3 is 0 Å². The second-order valence-electron chi connectivity index (χ2n) is 3.53. The Hall–Kier alpha value is -1.73. The molecule has 0 spiro atoms. The minimum atomic E-state index is 0.598. The van der Waals surface area contributed by atoms with Gasteiger partial charge in [-0.15, -0.1) is 11.3 Å². The first-order valence-corrected chi connectivity index (χ1v) is 5.96. The number of nitrogen functional groups attached to an aromatic ring is 1. The molecule has 0 aliphatic heterocycles. The van der Waals surface area contributed by atoms with E-state index < -0.39 is 0 Å². The summed E-state index contributed by atoms with van der Waals surface area (Å²) < 4.78 is 0. The molecule has 2 heterocycles. The number of aryl methyl sites for hydroxylation is 2. The summed E-state index contributed by atoms with van der Waals surface area (Å²) in [5.41, 5.74) is 2.51. The van der Waals surface area contributed by atoms with E-state index in [-0.39, 0.29) is 0 Å². The third-order valence-electron chi connectivity index (χ3n) is 2.10. The van der Waals surface area contributed by atoms with E-state index >= 15 is 0 Å². The number of nitrogens with two attached hydrogens (primary N) is 1. The molecule has 0 aromatic carbocycles. The number of hydrazine groups is 1. The predicted molar refractivity (Wildman–Crippen MR) is 68.8 cm³/mol. The maximum absolute atomic E-state index is 5.32. The fourth-order valence-corrected chi connectivity index (χ4v) is 2.13. The number of thiazole rings is 1. The minimum absolute atomic E-state index is 0.598. The van der Waals surface area contributed by atoms with E-state index in [4.69, 9.17) is 5.84 Å². The average molecular weight is 250 g/mol. The summed E-state index contributed by atoms with van der Waals surface area (Å²) in [6, 6.07) is 1.76. The highest BCUT2D eigenvalue weighted by Crippen LogP contribution is 2.15. The number of hydrogen-bond donors (Lipinski definition) is 3. The van der Waals surface area contributed by atoms with Gasteiger partial charge in [-0.1, -0.05) is 0 Å². The van der Waals surface area contributed by atoms with Gasteiger partial charge in [0.15, 0.2) is 0 Å². The summed E-state index contributed by atoms with van der Waals surface area (Å²) in [6.07, 6.45) is 1.86. The van der Waals surface area contributed by atoms with Crippen molar-refractivity contribution in [1.29, 1.82) is 0 Å². The molecule has 90 valence electrons. The zero-order chi connectivity index (χ0) is 12.3. The van der Waals surface area contributed by atoms with Gasteiger partial charge in [-0.05, 0) is 13.8 Å². The van der Waals surface area contributed by atoms with Crippen molar-refractivity contribution in [2.75, 3.05) is 10.7 Å². The summed E-state index contributed by atoms with van der Waals surface area (Å²) in [5.74, 6) is 7.34. The quantitative estimate of drug-likeness (QED) is 0.562. The standard InChI is InChI=1S/C10H14N6S/c1-6-14-9(3-10(15-6)16-11)13-5-8-4-12-7(2)17-8/h3-4H,5,11H2,1-2H3,(H2,13,14,15,16). The van der Waals surface area contributed by atoms with Crippen LogP contribution in [0.3, 0.4) is 0 Å². The molecule has 0 saturated heterocycles. The molecule has 2 aromatic heterocycles. The third kappa shape index (κ3) is 3.11. The molecule has 0 bridgehead atoms. The van der Waals surface area contributed by atoms with Crippen LogP contribution in [0.4, 0.5) is 11.6 Å². The highest BCUT2D eigenvalue weighted by Gasteiger charge is 2.02. The Morgan fingerprint density at radius 3 is 2.71 bits per heavy atom. The van der Waals surface area contributed by atoms with Crippen LogP contribution < -0.4 is 16.6 Å². The topological polar surface area (TPSA) is 88.8 Å². The van der Waals surface area contributed by atoms with E-state index in [9.17, 15) is 0 Å². The van der Waals surface area contributed by atoms with Crippen LogP contribution in [0.1, 0.15) is 15.7 Å². The van der Waals surface area contributed by atoms with Crippen LogP contribution in [0.15, 0.2) is 12.3 Å². The number of anilines is 2. The van der Waals surface area contributed by atoms with Crippen LogP contribution in [-0.2, 0) is 6.54 Å². The van der Waals surface area contributed by atoms with E-state index in [2.05, 4.69) is 25.7 Å². The lowest BCUT2D eigenvalue weighted by molar-refractivity contribution is 1.02. The molecular weight excluding hydrogens is 236 g/mol. The van der Waals surface area contributed by atoms with Gasteiger partial charge in [-0.2, -0.15) is 0 Å². The lowest BCUT2D eigenvalue weighted by Gasteiger charge is -2.06. The molecule has 2 aromatic rings. The predicted octanol–water partition coefficient (Wildman–Crippen LogP) is 1.45. The van der Waals surface area contributed by atoms with E-state index in [1.54, 1.807) is 17.4 Å². The maximum atomic E-state index is 5.32. The van der Waals surface area contributed by atoms with Gasteiger partial charge in [0.2, 0.25) is 0 Å². The van der Waals surface area contributed by atoms with Crippen LogP contribution in [0.2, 0.25) is 0 Å². The third-order valence-corrected chi connectivity index (χ3v) is 3.01. The number of hydrogen-bond acceptors (Lipinski definition) is 7. The van der Waals surface area contributed by atoms with Crippen molar-refractivity contribution < 1.29 is 0 Å². The molecule has 0 fully saturated rings. The maximum Gasteiger partial charge on any atom is 0.145 e. The average Bonchev–Trinajstić information content (AvgIpc) is 2.72. The fraction of sp³-hybridized carbons (Fsp3) is 0.300. The van der Waals surface area contributed by atoms with Gasteiger partial charge in [-0.25, -0.2) is 20.8 Å². The summed E-state index contributed by atoms with van der Waals surface area (Å²) in [7, 11) is 0. The van der Waals surface area contributed by atoms with Crippen LogP contribution in [-0.4, -0.2) is 15.0 Å². The van der Waals surface area contributed by atoms with Crippen molar-refractivity contribution in [3.8, 4) is 0 Å². The van der Waals surface area contributed by atoms with E-state index in [1.807, 2.05) is 20.0 Å². The number of nitrogens with one attached hydrogen (secondary N) is 2. The first-order chi connectivity index (χ1) is 8.17. The SMILES string of the molecule is Cc1nc(NN)cc(NCc2cnc(C)s2)n1. The Labute approximate surface area is 103 Å². The Morgan fingerprint density at radius 1 is 1.29 bits per heavy atom. The largest absolute Gasteiger partial charge is 0.365 e. The molecule has 0 radical (unpaired) electrons. The lowest BCUT2D eigenvalue weighted by Crippen LogP contribution is -2.11. The van der Waals surface area contributed by atoms with Crippen LogP contribution in [0.5, 0.6) is 0 Å². The molecule has 0 aliphatic carbocycles. The van der Waals surface area contributed by atoms with Crippen LogP contribution in [0, 0.1) is 13.8 Å². The zero-order valence-corrected chi connectivity index (χ0v) is 10.5. The van der Waals surface area contributed by atoms with Gasteiger partial charge in [0.25, 0.3) is 0 Å². The summed E-state index contributed by atoms with van der Waals surface area (Å²) >= 11 is 1.66. The highest BCUT2D eigenvalue weighted by molar-refractivity contribution is 7.11. The zero-order valence-electron chi connectivity index (χ0n) is 9.69. The normalized spacial score (nSPS) is 10.3. The van der Waals surface area contributed by atoms with E-state index in [0.717, 1.165) is 10.8 Å². The molecule has 0 saturated carbocycles. The minimum Gasteiger partial charge on any atom is -0.365 e. The molecular formula is C10H14N6S. The van der Waals surface area contributed by atoms with Crippen LogP contribution in [0.25, 0.3) is 0 Å². The van der Waals surface area contributed by atoms with E-state index in [1.165, 1.54) is 4.88 Å². The van der Waals surface area contributed by atoms with Crippen molar-refractivity contribution in [1.82, 2.24) is 15.0 Å². The summed E-state index contributed by atoms with van der Waals surface area (Å²) in [6.45, 7) is 4.51. The molecule has 0 unspecified atom stereocenters. The van der Waals surface area contributed by atoms with Gasteiger partial charge in [-0.3, -0.25) is 0 Å². The fourth-order valence-electron chi connectivity index (χ4n) is 1.40. The van der Waals surface area contributed by atoms with Crippen molar-refractivity contribution in [2.24, 2.45) is 5.84 Å². The molecule has 7 heteroatoms. The number of aromatic nitrogens is 3. The molecule has 0 amide bonds. The van der Waals surface area contributed by atoms with Gasteiger partial charge in [0.05, 0.1) is 11.6 Å². The van der Waals surface area contributed by atoms with E-state index in [0.29, 0.717) is 18.2 Å². The Morgan fingerprint density at radius 2 is 2.06 bits per heavy atom. The Balaban J connectivity index is 2.05. The summed E-state index contributed by atoms with van der Waals surface area (Å²) in [4.78, 5) is 13.7. The second-order valence-corrected chi connectivity index (χ2v) is 4.85. The van der Waals surface area contributed by atoms with Crippen molar-refractivity contribution in [3.63, 3.8) is 0 Å². The number of nitrogens with zero attached hydrogens (tertiary/aromatic N) is 3. The first kappa shape index (κ1) is 11.7. The Kier molecular flexibility index (Phi) is 3.50. The number of rotatable bonds is 4. The first-order valence-electron chi connectivity index (χ1n) is 5.15. The molecule has 0 atom stereocenters. The highest BCUT2D eigenvalue weighted by atomic mass is 32.1.